The number of carbonyl (C=O) groups is 1. The van der Waals surface area contributed by atoms with Gasteiger partial charge in [0.25, 0.3) is 0 Å². The molecule has 0 saturated carbocycles. The molecule has 2 N–H and O–H groups in total. The monoisotopic (exact) mass is 354 g/mol. The molecule has 27 heavy (non-hydrogen) atoms. The van der Waals surface area contributed by atoms with Gasteiger partial charge in [-0.15, -0.1) is 0 Å². The first-order chi connectivity index (χ1) is 13.3. The minimum absolute atomic E-state index is 0.324. The van der Waals surface area contributed by atoms with E-state index in [0.717, 1.165) is 16.5 Å². The van der Waals surface area contributed by atoms with E-state index in [1.807, 2.05) is 91.0 Å². The van der Waals surface area contributed by atoms with Crippen LogP contribution in [0.3, 0.4) is 0 Å². The van der Waals surface area contributed by atoms with Crippen LogP contribution in [0.15, 0.2) is 97.1 Å². The number of anilines is 2. The predicted molar refractivity (Wildman–Crippen MR) is 110 cm³/mol. The molecule has 0 aliphatic rings. The van der Waals surface area contributed by atoms with Crippen LogP contribution in [0, 0.1) is 0 Å². The highest BCUT2D eigenvalue weighted by Gasteiger charge is 2.10. The van der Waals surface area contributed by atoms with Crippen molar-refractivity contribution < 1.29 is 9.53 Å². The maximum atomic E-state index is 12.6. The van der Waals surface area contributed by atoms with Gasteiger partial charge in [-0.25, -0.2) is 4.79 Å². The topological polar surface area (TPSA) is 50.4 Å². The Morgan fingerprint density at radius 1 is 0.630 bits per heavy atom. The summed E-state index contributed by atoms with van der Waals surface area (Å²) in [6, 6.07) is 30.2. The lowest BCUT2D eigenvalue weighted by Crippen LogP contribution is -2.19. The summed E-state index contributed by atoms with van der Waals surface area (Å²) in [5, 5.41) is 7.85. The van der Waals surface area contributed by atoms with Crippen LogP contribution in [0.25, 0.3) is 10.8 Å². The van der Waals surface area contributed by atoms with Crippen molar-refractivity contribution >= 4 is 28.2 Å². The van der Waals surface area contributed by atoms with Crippen molar-refractivity contribution in [2.75, 3.05) is 10.6 Å². The number of urea groups is 1. The van der Waals surface area contributed by atoms with Gasteiger partial charge in [0.15, 0.2) is 5.75 Å². The Bertz CT molecular complexity index is 1070. The van der Waals surface area contributed by atoms with Crippen molar-refractivity contribution in [2.45, 2.75) is 0 Å². The Hall–Kier alpha value is -3.79. The van der Waals surface area contributed by atoms with Crippen LogP contribution in [0.2, 0.25) is 0 Å². The Kier molecular flexibility index (Phi) is 4.70. The normalized spacial score (nSPS) is 10.4. The quantitative estimate of drug-likeness (QED) is 0.453. The molecule has 0 aromatic heterocycles. The second kappa shape index (κ2) is 7.62. The molecule has 0 saturated heterocycles. The van der Waals surface area contributed by atoms with Crippen LogP contribution >= 0.6 is 0 Å². The molecule has 4 aromatic carbocycles. The second-order valence-electron chi connectivity index (χ2n) is 6.02. The minimum atomic E-state index is -0.324. The van der Waals surface area contributed by atoms with Crippen molar-refractivity contribution in [1.29, 1.82) is 0 Å². The van der Waals surface area contributed by atoms with Crippen LogP contribution in [-0.2, 0) is 0 Å². The van der Waals surface area contributed by atoms with E-state index in [1.54, 1.807) is 6.07 Å². The van der Waals surface area contributed by atoms with E-state index < -0.39 is 0 Å². The first kappa shape index (κ1) is 16.7. The fourth-order valence-electron chi connectivity index (χ4n) is 2.88. The van der Waals surface area contributed by atoms with Gasteiger partial charge in [0.2, 0.25) is 0 Å². The highest BCUT2D eigenvalue weighted by Crippen LogP contribution is 2.29. The zero-order valence-corrected chi connectivity index (χ0v) is 14.6. The van der Waals surface area contributed by atoms with E-state index in [2.05, 4.69) is 10.6 Å². The number of nitrogens with one attached hydrogen (secondary N) is 2. The third kappa shape index (κ3) is 3.90. The first-order valence-corrected chi connectivity index (χ1v) is 8.67. The molecule has 0 unspecified atom stereocenters. The molecule has 0 spiro atoms. The lowest BCUT2D eigenvalue weighted by molar-refractivity contribution is 0.262. The molecular weight excluding hydrogens is 336 g/mol. The maximum Gasteiger partial charge on any atom is 0.323 e. The molecule has 0 bridgehead atoms. The fraction of sp³-hybridized carbons (Fsp3) is 0. The highest BCUT2D eigenvalue weighted by molar-refractivity contribution is 6.06. The summed E-state index contributed by atoms with van der Waals surface area (Å²) < 4.78 is 5.89. The van der Waals surface area contributed by atoms with Crippen LogP contribution < -0.4 is 15.4 Å². The van der Waals surface area contributed by atoms with E-state index in [-0.39, 0.29) is 6.03 Å². The van der Waals surface area contributed by atoms with Crippen molar-refractivity contribution in [3.63, 3.8) is 0 Å². The number of ether oxygens (including phenoxy) is 1. The van der Waals surface area contributed by atoms with Crippen molar-refractivity contribution in [3.05, 3.63) is 97.1 Å². The molecule has 0 radical (unpaired) electrons. The molecule has 2 amide bonds. The number of fused-ring (bicyclic) bond motifs is 1. The van der Waals surface area contributed by atoms with E-state index >= 15 is 0 Å². The molecule has 4 aromatic rings. The molecule has 0 aliphatic carbocycles. The largest absolute Gasteiger partial charge is 0.455 e. The van der Waals surface area contributed by atoms with Gasteiger partial charge >= 0.3 is 6.03 Å². The molecule has 4 nitrogen and oxygen atoms in total. The number of amides is 2. The van der Waals surface area contributed by atoms with Crippen LogP contribution in [0.1, 0.15) is 0 Å². The summed E-state index contributed by atoms with van der Waals surface area (Å²) >= 11 is 0. The Morgan fingerprint density at radius 2 is 1.26 bits per heavy atom. The van der Waals surface area contributed by atoms with Gasteiger partial charge in [-0.05, 0) is 35.7 Å². The third-order valence-corrected chi connectivity index (χ3v) is 4.14. The molecule has 4 rings (SSSR count). The molecular formula is C23H18N2O2. The van der Waals surface area contributed by atoms with Crippen molar-refractivity contribution in [2.24, 2.45) is 0 Å². The zero-order chi connectivity index (χ0) is 18.5. The third-order valence-electron chi connectivity index (χ3n) is 4.14. The van der Waals surface area contributed by atoms with Gasteiger partial charge in [-0.2, -0.15) is 0 Å². The van der Waals surface area contributed by atoms with Crippen LogP contribution in [0.5, 0.6) is 11.5 Å². The Morgan fingerprint density at radius 3 is 2.15 bits per heavy atom. The van der Waals surface area contributed by atoms with Crippen molar-refractivity contribution in [1.82, 2.24) is 0 Å². The van der Waals surface area contributed by atoms with Crippen LogP contribution in [-0.4, -0.2) is 6.03 Å². The number of benzene rings is 4. The van der Waals surface area contributed by atoms with Gasteiger partial charge < -0.3 is 15.4 Å². The summed E-state index contributed by atoms with van der Waals surface area (Å²) in [5.41, 5.74) is 1.35. The van der Waals surface area contributed by atoms with Crippen molar-refractivity contribution in [3.8, 4) is 11.5 Å². The number of hydrogen-bond acceptors (Lipinski definition) is 2. The average Bonchev–Trinajstić information content (AvgIpc) is 2.71. The smallest absolute Gasteiger partial charge is 0.323 e. The fourth-order valence-corrected chi connectivity index (χ4v) is 2.88. The Balaban J connectivity index is 1.53. The van der Waals surface area contributed by atoms with E-state index in [1.165, 1.54) is 0 Å². The molecule has 4 heteroatoms. The summed E-state index contributed by atoms with van der Waals surface area (Å²) in [7, 11) is 0. The number of carbonyl (C=O) groups excluding carboxylic acids is 1. The summed E-state index contributed by atoms with van der Waals surface area (Å²) in [5.74, 6) is 1.29. The first-order valence-electron chi connectivity index (χ1n) is 8.67. The lowest BCUT2D eigenvalue weighted by Gasteiger charge is -2.13. The van der Waals surface area contributed by atoms with Gasteiger partial charge in [0.05, 0.1) is 11.4 Å². The molecule has 132 valence electrons. The Labute approximate surface area is 157 Å². The molecule has 0 aliphatic heterocycles. The second-order valence-corrected chi connectivity index (χ2v) is 6.02. The molecule has 0 heterocycles. The molecule has 0 atom stereocenters. The van der Waals surface area contributed by atoms with Gasteiger partial charge in [-0.3, -0.25) is 0 Å². The summed E-state index contributed by atoms with van der Waals surface area (Å²) in [6.45, 7) is 0. The average molecular weight is 354 g/mol. The maximum absolute atomic E-state index is 12.6. The van der Waals surface area contributed by atoms with Gasteiger partial charge in [-0.1, -0.05) is 66.7 Å². The van der Waals surface area contributed by atoms with Gasteiger partial charge in [0, 0.05) is 5.39 Å². The summed E-state index contributed by atoms with van der Waals surface area (Å²) in [6.07, 6.45) is 0. The number of rotatable bonds is 4. The zero-order valence-electron chi connectivity index (χ0n) is 14.6. The molecule has 0 fully saturated rings. The summed E-state index contributed by atoms with van der Waals surface area (Å²) in [4.78, 5) is 12.6. The van der Waals surface area contributed by atoms with Gasteiger partial charge in [0.1, 0.15) is 5.75 Å². The van der Waals surface area contributed by atoms with E-state index in [4.69, 9.17) is 4.74 Å². The standard InChI is InChI=1S/C23H18N2O2/c26-23(24-20-15-8-10-17-9-4-5-13-19(17)20)25-21-14-6-7-16-22(21)27-18-11-2-1-3-12-18/h1-16H,(H2,24,25,26). The lowest BCUT2D eigenvalue weighted by atomic mass is 10.1. The van der Waals surface area contributed by atoms with E-state index in [0.29, 0.717) is 17.2 Å². The SMILES string of the molecule is O=C(Nc1ccccc1Oc1ccccc1)Nc1cccc2ccccc12. The number of para-hydroxylation sites is 3. The van der Waals surface area contributed by atoms with E-state index in [9.17, 15) is 4.79 Å². The predicted octanol–water partition coefficient (Wildman–Crippen LogP) is 6.28. The van der Waals surface area contributed by atoms with Crippen LogP contribution in [0.4, 0.5) is 16.2 Å². The number of hydrogen-bond donors (Lipinski definition) is 2. The minimum Gasteiger partial charge on any atom is -0.455 e. The highest BCUT2D eigenvalue weighted by atomic mass is 16.5.